The Morgan fingerprint density at radius 2 is 1.88 bits per heavy atom. The Labute approximate surface area is 151 Å². The van der Waals surface area contributed by atoms with Crippen molar-refractivity contribution in [1.29, 1.82) is 0 Å². The van der Waals surface area contributed by atoms with E-state index in [2.05, 4.69) is 64.7 Å². The topological polar surface area (TPSA) is 39.8 Å². The van der Waals surface area contributed by atoms with Crippen LogP contribution in [0.5, 0.6) is 0 Å². The zero-order chi connectivity index (χ0) is 17.6. The molecule has 0 unspecified atom stereocenters. The summed E-state index contributed by atoms with van der Waals surface area (Å²) >= 11 is 0. The van der Waals surface area contributed by atoms with E-state index in [0.717, 1.165) is 37.8 Å². The second-order valence-electron chi connectivity index (χ2n) is 6.79. The second kappa shape index (κ2) is 8.30. The number of aryl methyl sites for hydroxylation is 1. The van der Waals surface area contributed by atoms with Gasteiger partial charge in [-0.15, -0.1) is 0 Å². The van der Waals surface area contributed by atoms with E-state index in [0.29, 0.717) is 6.61 Å². The lowest BCUT2D eigenvalue weighted by molar-refractivity contribution is 0.188. The molecule has 0 aliphatic carbocycles. The smallest absolute Gasteiger partial charge is 0.161 e. The molecule has 0 saturated carbocycles. The number of hydrogen-bond acceptors (Lipinski definition) is 5. The van der Waals surface area contributed by atoms with Crippen LogP contribution in [0, 0.1) is 6.92 Å². The van der Waals surface area contributed by atoms with Gasteiger partial charge in [0.25, 0.3) is 0 Å². The molecule has 2 aliphatic heterocycles. The minimum absolute atomic E-state index is 0.715. The highest BCUT2D eigenvalue weighted by Crippen LogP contribution is 2.30. The van der Waals surface area contributed by atoms with Crippen molar-refractivity contribution in [3.05, 3.63) is 53.2 Å². The van der Waals surface area contributed by atoms with E-state index in [1.54, 1.807) is 0 Å². The molecule has 2 heterocycles. The molecular formula is C20H30N4O. The Morgan fingerprint density at radius 3 is 2.64 bits per heavy atom. The molecule has 0 aromatic heterocycles. The van der Waals surface area contributed by atoms with Crippen LogP contribution in [0.15, 0.2) is 47.6 Å². The number of nitrogens with zero attached hydrogens (tertiary/aromatic N) is 2. The Bertz CT molecular complexity index is 636. The molecule has 1 aromatic carbocycles. The minimum atomic E-state index is 0.715. The van der Waals surface area contributed by atoms with Gasteiger partial charge in [-0.3, -0.25) is 0 Å². The van der Waals surface area contributed by atoms with Crippen LogP contribution in [0.1, 0.15) is 18.4 Å². The molecular weight excluding hydrogens is 312 g/mol. The SMILES string of the molecule is CNCCCCNC1=CC2=C(N(C)C1)N(c1ccc(C)cc1)CCO2. The van der Waals surface area contributed by atoms with Gasteiger partial charge >= 0.3 is 0 Å². The summed E-state index contributed by atoms with van der Waals surface area (Å²) in [6.45, 7) is 6.68. The number of hydrogen-bond donors (Lipinski definition) is 2. The zero-order valence-electron chi connectivity index (χ0n) is 15.6. The van der Waals surface area contributed by atoms with Crippen LogP contribution in [0.3, 0.4) is 0 Å². The fourth-order valence-electron chi connectivity index (χ4n) is 3.34. The van der Waals surface area contributed by atoms with Crippen LogP contribution in [-0.2, 0) is 4.74 Å². The second-order valence-corrected chi connectivity index (χ2v) is 6.79. The molecule has 25 heavy (non-hydrogen) atoms. The summed E-state index contributed by atoms with van der Waals surface area (Å²) in [5, 5.41) is 6.76. The van der Waals surface area contributed by atoms with E-state index in [1.165, 1.54) is 29.8 Å². The van der Waals surface area contributed by atoms with Crippen LogP contribution in [0.25, 0.3) is 0 Å². The van der Waals surface area contributed by atoms with Gasteiger partial charge in [-0.2, -0.15) is 0 Å². The van der Waals surface area contributed by atoms with E-state index < -0.39 is 0 Å². The molecule has 136 valence electrons. The van der Waals surface area contributed by atoms with E-state index in [1.807, 2.05) is 7.05 Å². The van der Waals surface area contributed by atoms with Gasteiger partial charge in [-0.05, 0) is 45.5 Å². The average molecular weight is 342 g/mol. The molecule has 2 aliphatic rings. The standard InChI is InChI=1S/C20H30N4O/c1-16-6-8-18(9-7-16)24-12-13-25-19-14-17(15-23(3)20(19)24)22-11-5-4-10-21-2/h6-9,14,21-22H,4-5,10-13,15H2,1-3H3. The fourth-order valence-corrected chi connectivity index (χ4v) is 3.34. The predicted molar refractivity (Wildman–Crippen MR) is 103 cm³/mol. The molecule has 5 heteroatoms. The maximum absolute atomic E-state index is 5.97. The van der Waals surface area contributed by atoms with Crippen molar-refractivity contribution in [2.24, 2.45) is 0 Å². The van der Waals surface area contributed by atoms with E-state index >= 15 is 0 Å². The zero-order valence-corrected chi connectivity index (χ0v) is 15.6. The summed E-state index contributed by atoms with van der Waals surface area (Å²) < 4.78 is 5.97. The fraction of sp³-hybridized carbons (Fsp3) is 0.500. The first-order chi connectivity index (χ1) is 12.2. The summed E-state index contributed by atoms with van der Waals surface area (Å²) in [7, 11) is 4.14. The first kappa shape index (κ1) is 17.7. The highest BCUT2D eigenvalue weighted by atomic mass is 16.5. The third-order valence-electron chi connectivity index (χ3n) is 4.67. The number of benzene rings is 1. The van der Waals surface area contributed by atoms with Crippen molar-refractivity contribution in [2.45, 2.75) is 19.8 Å². The van der Waals surface area contributed by atoms with E-state index in [-0.39, 0.29) is 0 Å². The van der Waals surface area contributed by atoms with Gasteiger partial charge < -0.3 is 25.2 Å². The lowest BCUT2D eigenvalue weighted by atomic mass is 10.1. The largest absolute Gasteiger partial charge is 0.488 e. The third-order valence-corrected chi connectivity index (χ3v) is 4.67. The van der Waals surface area contributed by atoms with Crippen molar-refractivity contribution in [3.8, 4) is 0 Å². The van der Waals surface area contributed by atoms with Crippen molar-refractivity contribution in [3.63, 3.8) is 0 Å². The highest BCUT2D eigenvalue weighted by molar-refractivity contribution is 5.55. The number of unbranched alkanes of at least 4 members (excludes halogenated alkanes) is 1. The summed E-state index contributed by atoms with van der Waals surface area (Å²) in [6.07, 6.45) is 4.54. The maximum Gasteiger partial charge on any atom is 0.161 e. The third kappa shape index (κ3) is 4.28. The van der Waals surface area contributed by atoms with Gasteiger partial charge in [-0.1, -0.05) is 17.7 Å². The lowest BCUT2D eigenvalue weighted by Gasteiger charge is -2.40. The summed E-state index contributed by atoms with van der Waals surface area (Å²) in [4.78, 5) is 4.64. The Morgan fingerprint density at radius 1 is 1.12 bits per heavy atom. The van der Waals surface area contributed by atoms with Gasteiger partial charge in [0, 0.05) is 31.1 Å². The Kier molecular flexibility index (Phi) is 5.87. The lowest BCUT2D eigenvalue weighted by Crippen LogP contribution is -2.44. The minimum Gasteiger partial charge on any atom is -0.488 e. The number of anilines is 1. The van der Waals surface area contributed by atoms with E-state index in [9.17, 15) is 0 Å². The van der Waals surface area contributed by atoms with Crippen LogP contribution in [0.4, 0.5) is 5.69 Å². The summed E-state index contributed by atoms with van der Waals surface area (Å²) in [5.74, 6) is 2.13. The van der Waals surface area contributed by atoms with Crippen molar-refractivity contribution < 1.29 is 4.74 Å². The van der Waals surface area contributed by atoms with Gasteiger partial charge in [0.1, 0.15) is 6.61 Å². The van der Waals surface area contributed by atoms with Crippen molar-refractivity contribution >= 4 is 5.69 Å². The van der Waals surface area contributed by atoms with Crippen LogP contribution in [0.2, 0.25) is 0 Å². The number of rotatable bonds is 7. The van der Waals surface area contributed by atoms with E-state index in [4.69, 9.17) is 4.74 Å². The molecule has 0 amide bonds. The monoisotopic (exact) mass is 342 g/mol. The predicted octanol–water partition coefficient (Wildman–Crippen LogP) is 2.42. The molecule has 5 nitrogen and oxygen atoms in total. The number of ether oxygens (including phenoxy) is 1. The van der Waals surface area contributed by atoms with Crippen molar-refractivity contribution in [1.82, 2.24) is 15.5 Å². The summed E-state index contributed by atoms with van der Waals surface area (Å²) in [5.41, 5.74) is 3.74. The van der Waals surface area contributed by atoms with Gasteiger partial charge in [0.05, 0.1) is 13.1 Å². The number of allylic oxidation sites excluding steroid dienone is 1. The number of nitrogens with one attached hydrogen (secondary N) is 2. The normalized spacial score (nSPS) is 17.2. The average Bonchev–Trinajstić information content (AvgIpc) is 2.62. The Balaban J connectivity index is 1.72. The number of likely N-dealkylation sites (N-methyl/N-ethyl adjacent to an activating group) is 1. The van der Waals surface area contributed by atoms with Crippen LogP contribution < -0.4 is 15.5 Å². The molecule has 1 aromatic rings. The maximum atomic E-state index is 5.97. The molecule has 2 N–H and O–H groups in total. The van der Waals surface area contributed by atoms with Crippen molar-refractivity contribution in [2.75, 3.05) is 51.8 Å². The molecule has 0 atom stereocenters. The molecule has 0 spiro atoms. The first-order valence-electron chi connectivity index (χ1n) is 9.20. The summed E-state index contributed by atoms with van der Waals surface area (Å²) in [6, 6.07) is 8.72. The quantitative estimate of drug-likeness (QED) is 0.745. The molecule has 0 radical (unpaired) electrons. The molecule has 0 bridgehead atoms. The van der Waals surface area contributed by atoms with Gasteiger partial charge in [0.15, 0.2) is 11.6 Å². The highest BCUT2D eigenvalue weighted by Gasteiger charge is 2.28. The van der Waals surface area contributed by atoms with Crippen LogP contribution >= 0.6 is 0 Å². The van der Waals surface area contributed by atoms with Crippen LogP contribution in [-0.4, -0.2) is 51.8 Å². The van der Waals surface area contributed by atoms with Gasteiger partial charge in [-0.25, -0.2) is 0 Å². The first-order valence-corrected chi connectivity index (χ1v) is 9.20. The molecule has 3 rings (SSSR count). The van der Waals surface area contributed by atoms with Gasteiger partial charge in [0.2, 0.25) is 0 Å². The Hall–Kier alpha value is -2.14. The molecule has 0 fully saturated rings. The molecule has 0 saturated heterocycles.